The van der Waals surface area contributed by atoms with Crippen molar-refractivity contribution in [1.82, 2.24) is 20.3 Å². The van der Waals surface area contributed by atoms with Crippen LogP contribution < -0.4 is 5.32 Å². The second-order valence-electron chi connectivity index (χ2n) is 6.71. The highest BCUT2D eigenvalue weighted by atomic mass is 16.5. The summed E-state index contributed by atoms with van der Waals surface area (Å²) in [4.78, 5) is 27.4. The van der Waals surface area contributed by atoms with Crippen LogP contribution in [0.1, 0.15) is 36.3 Å². The lowest BCUT2D eigenvalue weighted by Crippen LogP contribution is -2.45. The number of carbonyl (C=O) groups is 2. The molecule has 0 saturated carbocycles. The predicted molar refractivity (Wildman–Crippen MR) is 90.7 cm³/mol. The van der Waals surface area contributed by atoms with Crippen LogP contribution in [0, 0.1) is 19.8 Å². The Morgan fingerprint density at radius 2 is 1.96 bits per heavy atom. The number of urea groups is 1. The highest BCUT2D eigenvalue weighted by molar-refractivity contribution is 5.76. The molecule has 1 aliphatic rings. The van der Waals surface area contributed by atoms with E-state index in [1.807, 2.05) is 18.7 Å². The molecular formula is C17H28N4O3. The Kier molecular flexibility index (Phi) is 6.23. The Hall–Kier alpha value is -2.05. The van der Waals surface area contributed by atoms with Gasteiger partial charge in [0.05, 0.1) is 5.69 Å². The van der Waals surface area contributed by atoms with E-state index in [9.17, 15) is 9.59 Å². The van der Waals surface area contributed by atoms with E-state index in [0.717, 1.165) is 42.9 Å². The Balaban J connectivity index is 1.67. The quantitative estimate of drug-likeness (QED) is 0.888. The number of likely N-dealkylation sites (tertiary alicyclic amines) is 1. The lowest BCUT2D eigenvalue weighted by molar-refractivity contribution is -0.121. The SMILES string of the molecule is Cc1noc(C)c1CCC(=O)NCC1CCN(C(=O)N(C)C)CC1. The maximum atomic E-state index is 12.0. The van der Waals surface area contributed by atoms with Crippen molar-refractivity contribution in [1.29, 1.82) is 0 Å². The minimum atomic E-state index is 0.0572. The number of carbonyl (C=O) groups excluding carboxylic acids is 2. The summed E-state index contributed by atoms with van der Waals surface area (Å²) in [5.74, 6) is 1.29. The maximum Gasteiger partial charge on any atom is 0.319 e. The van der Waals surface area contributed by atoms with Crippen molar-refractivity contribution < 1.29 is 14.1 Å². The average molecular weight is 336 g/mol. The summed E-state index contributed by atoms with van der Waals surface area (Å²) in [6, 6.07) is 0.0666. The van der Waals surface area contributed by atoms with Gasteiger partial charge in [0, 0.05) is 45.7 Å². The zero-order valence-corrected chi connectivity index (χ0v) is 15.1. The first-order chi connectivity index (χ1) is 11.4. The third-order valence-corrected chi connectivity index (χ3v) is 4.64. The summed E-state index contributed by atoms with van der Waals surface area (Å²) >= 11 is 0. The molecular weight excluding hydrogens is 308 g/mol. The highest BCUT2D eigenvalue weighted by Gasteiger charge is 2.24. The molecule has 1 aromatic rings. The molecule has 0 unspecified atom stereocenters. The molecule has 2 rings (SSSR count). The highest BCUT2D eigenvalue weighted by Crippen LogP contribution is 2.18. The van der Waals surface area contributed by atoms with Crippen LogP contribution in [0.2, 0.25) is 0 Å². The van der Waals surface area contributed by atoms with E-state index in [2.05, 4.69) is 10.5 Å². The number of aromatic nitrogens is 1. The van der Waals surface area contributed by atoms with Crippen LogP contribution in [0.5, 0.6) is 0 Å². The van der Waals surface area contributed by atoms with Gasteiger partial charge in [-0.1, -0.05) is 5.16 Å². The summed E-state index contributed by atoms with van der Waals surface area (Å²) in [6.45, 7) is 5.97. The fourth-order valence-corrected chi connectivity index (χ4v) is 3.06. The molecule has 0 atom stereocenters. The van der Waals surface area contributed by atoms with Gasteiger partial charge < -0.3 is 19.6 Å². The zero-order chi connectivity index (χ0) is 17.7. The number of rotatable bonds is 5. The molecule has 1 aliphatic heterocycles. The topological polar surface area (TPSA) is 78.7 Å². The fraction of sp³-hybridized carbons (Fsp3) is 0.706. The average Bonchev–Trinajstić information content (AvgIpc) is 2.89. The summed E-state index contributed by atoms with van der Waals surface area (Å²) in [5, 5.41) is 6.92. The monoisotopic (exact) mass is 336 g/mol. The van der Waals surface area contributed by atoms with E-state index in [1.165, 1.54) is 0 Å². The molecule has 1 fully saturated rings. The number of piperidine rings is 1. The van der Waals surface area contributed by atoms with Crippen molar-refractivity contribution in [3.8, 4) is 0 Å². The molecule has 2 heterocycles. The van der Waals surface area contributed by atoms with Crippen LogP contribution in [0.4, 0.5) is 4.79 Å². The number of aryl methyl sites for hydroxylation is 2. The molecule has 0 aromatic carbocycles. The van der Waals surface area contributed by atoms with Gasteiger partial charge in [-0.25, -0.2) is 4.79 Å². The normalized spacial score (nSPS) is 15.4. The molecule has 0 radical (unpaired) electrons. The lowest BCUT2D eigenvalue weighted by atomic mass is 9.97. The Bertz CT molecular complexity index is 555. The van der Waals surface area contributed by atoms with Crippen LogP contribution in [0.3, 0.4) is 0 Å². The summed E-state index contributed by atoms with van der Waals surface area (Å²) < 4.78 is 5.11. The minimum absolute atomic E-state index is 0.0572. The van der Waals surface area contributed by atoms with E-state index in [4.69, 9.17) is 4.52 Å². The molecule has 0 bridgehead atoms. The van der Waals surface area contributed by atoms with E-state index in [-0.39, 0.29) is 11.9 Å². The predicted octanol–water partition coefficient (Wildman–Crippen LogP) is 1.73. The summed E-state index contributed by atoms with van der Waals surface area (Å²) in [7, 11) is 3.54. The smallest absolute Gasteiger partial charge is 0.319 e. The molecule has 3 amide bonds. The van der Waals surface area contributed by atoms with Crippen LogP contribution in [0.25, 0.3) is 0 Å². The van der Waals surface area contributed by atoms with Gasteiger partial charge in [0.1, 0.15) is 5.76 Å². The first-order valence-electron chi connectivity index (χ1n) is 8.53. The minimum Gasteiger partial charge on any atom is -0.361 e. The molecule has 1 aromatic heterocycles. The van der Waals surface area contributed by atoms with Crippen LogP contribution in [-0.4, -0.2) is 60.6 Å². The number of nitrogens with one attached hydrogen (secondary N) is 1. The number of hydrogen-bond donors (Lipinski definition) is 1. The molecule has 7 heteroatoms. The molecule has 1 N–H and O–H groups in total. The second-order valence-corrected chi connectivity index (χ2v) is 6.71. The van der Waals surface area contributed by atoms with Gasteiger partial charge in [0.15, 0.2) is 0 Å². The Morgan fingerprint density at radius 3 is 2.50 bits per heavy atom. The molecule has 24 heavy (non-hydrogen) atoms. The van der Waals surface area contributed by atoms with Crippen molar-refractivity contribution in [3.63, 3.8) is 0 Å². The van der Waals surface area contributed by atoms with Crippen LogP contribution in [0.15, 0.2) is 4.52 Å². The standard InChI is InChI=1S/C17H28N4O3/c1-12-15(13(2)24-19-12)5-6-16(22)18-11-14-7-9-21(10-8-14)17(23)20(3)4/h14H,5-11H2,1-4H3,(H,18,22). The van der Waals surface area contributed by atoms with Gasteiger partial charge in [-0.15, -0.1) is 0 Å². The number of amides is 3. The third kappa shape index (κ3) is 4.72. The summed E-state index contributed by atoms with van der Waals surface area (Å²) in [6.07, 6.45) is 2.97. The molecule has 0 spiro atoms. The van der Waals surface area contributed by atoms with E-state index >= 15 is 0 Å². The first kappa shape index (κ1) is 18.3. The Morgan fingerprint density at radius 1 is 1.29 bits per heavy atom. The van der Waals surface area contributed by atoms with Crippen LogP contribution in [-0.2, 0) is 11.2 Å². The summed E-state index contributed by atoms with van der Waals surface area (Å²) in [5.41, 5.74) is 1.89. The first-order valence-corrected chi connectivity index (χ1v) is 8.53. The number of hydrogen-bond acceptors (Lipinski definition) is 4. The van der Waals surface area contributed by atoms with Crippen molar-refractivity contribution in [3.05, 3.63) is 17.0 Å². The van der Waals surface area contributed by atoms with Gasteiger partial charge in [0.25, 0.3) is 0 Å². The Labute approximate surface area is 143 Å². The van der Waals surface area contributed by atoms with Crippen molar-refractivity contribution >= 4 is 11.9 Å². The van der Waals surface area contributed by atoms with Crippen LogP contribution >= 0.6 is 0 Å². The van der Waals surface area contributed by atoms with E-state index < -0.39 is 0 Å². The molecule has 0 aliphatic carbocycles. The molecule has 1 saturated heterocycles. The molecule has 7 nitrogen and oxygen atoms in total. The second kappa shape index (κ2) is 8.17. The van der Waals surface area contributed by atoms with Gasteiger partial charge in [-0.3, -0.25) is 4.79 Å². The van der Waals surface area contributed by atoms with Crippen molar-refractivity contribution in [2.45, 2.75) is 39.5 Å². The largest absolute Gasteiger partial charge is 0.361 e. The van der Waals surface area contributed by atoms with Crippen molar-refractivity contribution in [2.24, 2.45) is 5.92 Å². The number of nitrogens with zero attached hydrogens (tertiary/aromatic N) is 3. The van der Waals surface area contributed by atoms with Gasteiger partial charge >= 0.3 is 6.03 Å². The maximum absolute atomic E-state index is 12.0. The third-order valence-electron chi connectivity index (χ3n) is 4.64. The van der Waals surface area contributed by atoms with Crippen molar-refractivity contribution in [2.75, 3.05) is 33.7 Å². The van der Waals surface area contributed by atoms with E-state index in [0.29, 0.717) is 25.3 Å². The lowest BCUT2D eigenvalue weighted by Gasteiger charge is -2.33. The molecule has 134 valence electrons. The van der Waals surface area contributed by atoms with Gasteiger partial charge in [-0.05, 0) is 39.0 Å². The zero-order valence-electron chi connectivity index (χ0n) is 15.1. The van der Waals surface area contributed by atoms with E-state index in [1.54, 1.807) is 19.0 Å². The fourth-order valence-electron chi connectivity index (χ4n) is 3.06. The van der Waals surface area contributed by atoms with Gasteiger partial charge in [-0.2, -0.15) is 0 Å². The van der Waals surface area contributed by atoms with Gasteiger partial charge in [0.2, 0.25) is 5.91 Å².